The normalized spacial score (nSPS) is 25.6. The zero-order valence-corrected chi connectivity index (χ0v) is 17.0. The molecule has 0 aliphatic carbocycles. The Kier molecular flexibility index (Phi) is 5.38. The van der Waals surface area contributed by atoms with Gasteiger partial charge in [-0.05, 0) is 68.7 Å². The number of hydrogen-bond donors (Lipinski definition) is 3. The molecule has 2 aromatic rings. The van der Waals surface area contributed by atoms with Crippen LogP contribution in [-0.4, -0.2) is 53.0 Å². The smallest absolute Gasteiger partial charge is 0.239 e. The van der Waals surface area contributed by atoms with Crippen molar-refractivity contribution in [3.05, 3.63) is 41.9 Å². The number of nitrogens with one attached hydrogen (secondary N) is 3. The van der Waals surface area contributed by atoms with Crippen molar-refractivity contribution in [2.24, 2.45) is 0 Å². The second-order valence-corrected chi connectivity index (χ2v) is 8.70. The van der Waals surface area contributed by atoms with E-state index in [2.05, 4.69) is 49.8 Å². The van der Waals surface area contributed by atoms with Crippen molar-refractivity contribution in [2.45, 2.75) is 56.5 Å². The van der Waals surface area contributed by atoms with Crippen molar-refractivity contribution >= 4 is 5.91 Å². The summed E-state index contributed by atoms with van der Waals surface area (Å²) in [4.78, 5) is 22.7. The van der Waals surface area contributed by atoms with Crippen LogP contribution >= 0.6 is 0 Å². The van der Waals surface area contributed by atoms with Gasteiger partial charge in [0.1, 0.15) is 5.82 Å². The molecule has 4 heterocycles. The number of rotatable bonds is 4. The quantitative estimate of drug-likeness (QED) is 0.747. The van der Waals surface area contributed by atoms with Gasteiger partial charge >= 0.3 is 0 Å². The van der Waals surface area contributed by atoms with Crippen LogP contribution in [0.15, 0.2) is 30.5 Å². The van der Waals surface area contributed by atoms with Crippen LogP contribution in [0.3, 0.4) is 0 Å². The number of H-pyrrole nitrogens is 1. The standard InChI is InChI=1S/C23H31N5O/c29-23(20-4-2-12-25-20)28-13-9-17(10-14-28)16-5-7-18(8-6-16)21-15-26-22(27-21)19-3-1-11-24-19/h5-8,15,17,19-20,24-25H,1-4,9-14H2,(H,26,27). The molecule has 1 aromatic carbocycles. The van der Waals surface area contributed by atoms with Gasteiger partial charge in [-0.1, -0.05) is 24.3 Å². The Morgan fingerprint density at radius 3 is 2.41 bits per heavy atom. The SMILES string of the molecule is O=C(C1CCCN1)N1CCC(c2ccc(-c3cnc(C4CCCN4)[nH]3)cc2)CC1. The summed E-state index contributed by atoms with van der Waals surface area (Å²) in [7, 11) is 0. The number of carbonyl (C=O) groups excluding carboxylic acids is 1. The van der Waals surface area contributed by atoms with Crippen LogP contribution in [0, 0.1) is 0 Å². The molecule has 2 unspecified atom stereocenters. The molecule has 3 saturated heterocycles. The molecule has 5 rings (SSSR count). The summed E-state index contributed by atoms with van der Waals surface area (Å²) in [5.41, 5.74) is 3.66. The number of aromatic amines is 1. The number of benzene rings is 1. The Hall–Kier alpha value is -2.18. The van der Waals surface area contributed by atoms with E-state index in [1.165, 1.54) is 17.5 Å². The zero-order chi connectivity index (χ0) is 19.6. The molecule has 6 heteroatoms. The summed E-state index contributed by atoms with van der Waals surface area (Å²) in [6.45, 7) is 3.81. The highest BCUT2D eigenvalue weighted by molar-refractivity contribution is 5.82. The van der Waals surface area contributed by atoms with Crippen molar-refractivity contribution in [1.82, 2.24) is 25.5 Å². The first-order valence-electron chi connectivity index (χ1n) is 11.2. The summed E-state index contributed by atoms with van der Waals surface area (Å²) < 4.78 is 0. The second-order valence-electron chi connectivity index (χ2n) is 8.70. The number of hydrogen-bond acceptors (Lipinski definition) is 4. The first-order valence-corrected chi connectivity index (χ1v) is 11.2. The fraction of sp³-hybridized carbons (Fsp3) is 0.565. The minimum absolute atomic E-state index is 0.0598. The predicted molar refractivity (Wildman–Crippen MR) is 114 cm³/mol. The Labute approximate surface area is 172 Å². The van der Waals surface area contributed by atoms with Gasteiger partial charge in [0, 0.05) is 13.1 Å². The Morgan fingerprint density at radius 1 is 0.966 bits per heavy atom. The lowest BCUT2D eigenvalue weighted by molar-refractivity contribution is -0.134. The molecule has 0 radical (unpaired) electrons. The maximum absolute atomic E-state index is 12.6. The Morgan fingerprint density at radius 2 is 1.72 bits per heavy atom. The van der Waals surface area contributed by atoms with Crippen LogP contribution in [0.5, 0.6) is 0 Å². The number of carbonyl (C=O) groups is 1. The van der Waals surface area contributed by atoms with Crippen molar-refractivity contribution in [3.8, 4) is 11.3 Å². The Bertz CT molecular complexity index is 825. The maximum Gasteiger partial charge on any atom is 0.239 e. The molecule has 3 aliphatic rings. The monoisotopic (exact) mass is 393 g/mol. The minimum atomic E-state index is 0.0598. The van der Waals surface area contributed by atoms with Gasteiger partial charge in [0.15, 0.2) is 0 Å². The number of piperidine rings is 1. The predicted octanol–water partition coefficient (Wildman–Crippen LogP) is 2.96. The highest BCUT2D eigenvalue weighted by atomic mass is 16.2. The number of nitrogens with zero attached hydrogens (tertiary/aromatic N) is 2. The zero-order valence-electron chi connectivity index (χ0n) is 17.0. The lowest BCUT2D eigenvalue weighted by atomic mass is 9.88. The highest BCUT2D eigenvalue weighted by Crippen LogP contribution is 2.31. The molecule has 3 aliphatic heterocycles. The van der Waals surface area contributed by atoms with Crippen LogP contribution in [0.2, 0.25) is 0 Å². The van der Waals surface area contributed by atoms with Gasteiger partial charge in [-0.15, -0.1) is 0 Å². The van der Waals surface area contributed by atoms with Crippen LogP contribution in [0.1, 0.15) is 61.9 Å². The van der Waals surface area contributed by atoms with E-state index < -0.39 is 0 Å². The van der Waals surface area contributed by atoms with Crippen molar-refractivity contribution in [2.75, 3.05) is 26.2 Å². The molecule has 3 fully saturated rings. The van der Waals surface area contributed by atoms with E-state index in [4.69, 9.17) is 0 Å². The van der Waals surface area contributed by atoms with Gasteiger partial charge in [-0.25, -0.2) is 4.98 Å². The van der Waals surface area contributed by atoms with E-state index in [-0.39, 0.29) is 6.04 Å². The number of amides is 1. The molecule has 1 aromatic heterocycles. The number of aromatic nitrogens is 2. The van der Waals surface area contributed by atoms with E-state index in [1.807, 2.05) is 6.20 Å². The van der Waals surface area contributed by atoms with Crippen LogP contribution in [-0.2, 0) is 4.79 Å². The molecule has 3 N–H and O–H groups in total. The Balaban J connectivity index is 1.19. The van der Waals surface area contributed by atoms with Crippen LogP contribution < -0.4 is 10.6 Å². The van der Waals surface area contributed by atoms with Crippen molar-refractivity contribution in [3.63, 3.8) is 0 Å². The van der Waals surface area contributed by atoms with Gasteiger partial charge < -0.3 is 20.5 Å². The molecule has 154 valence electrons. The number of likely N-dealkylation sites (tertiary alicyclic amines) is 1. The maximum atomic E-state index is 12.6. The molecule has 2 atom stereocenters. The third kappa shape index (κ3) is 3.96. The second kappa shape index (κ2) is 8.28. The molecule has 29 heavy (non-hydrogen) atoms. The summed E-state index contributed by atoms with van der Waals surface area (Å²) >= 11 is 0. The third-order valence-corrected chi connectivity index (χ3v) is 6.84. The van der Waals surface area contributed by atoms with E-state index in [0.717, 1.165) is 69.8 Å². The highest BCUT2D eigenvalue weighted by Gasteiger charge is 2.30. The fourth-order valence-electron chi connectivity index (χ4n) is 5.06. The van der Waals surface area contributed by atoms with Gasteiger partial charge in [-0.2, -0.15) is 0 Å². The summed E-state index contributed by atoms with van der Waals surface area (Å²) in [6, 6.07) is 9.35. The average molecular weight is 394 g/mol. The average Bonchev–Trinajstić information content (AvgIpc) is 3.55. The van der Waals surface area contributed by atoms with Crippen molar-refractivity contribution in [1.29, 1.82) is 0 Å². The molecular weight excluding hydrogens is 362 g/mol. The summed E-state index contributed by atoms with van der Waals surface area (Å²) in [5.74, 6) is 1.91. The molecular formula is C23H31N5O. The first kappa shape index (κ1) is 18.8. The number of imidazole rings is 1. The van der Waals surface area contributed by atoms with E-state index in [0.29, 0.717) is 17.9 Å². The van der Waals surface area contributed by atoms with Crippen molar-refractivity contribution < 1.29 is 4.79 Å². The fourth-order valence-corrected chi connectivity index (χ4v) is 5.06. The van der Waals surface area contributed by atoms with Gasteiger partial charge in [0.2, 0.25) is 5.91 Å². The lowest BCUT2D eigenvalue weighted by Gasteiger charge is -2.33. The largest absolute Gasteiger partial charge is 0.341 e. The van der Waals surface area contributed by atoms with E-state index in [9.17, 15) is 4.79 Å². The van der Waals surface area contributed by atoms with E-state index in [1.54, 1.807) is 0 Å². The first-order chi connectivity index (χ1) is 14.3. The molecule has 0 saturated carbocycles. The van der Waals surface area contributed by atoms with Gasteiger partial charge in [-0.3, -0.25) is 4.79 Å². The lowest BCUT2D eigenvalue weighted by Crippen LogP contribution is -2.46. The molecule has 6 nitrogen and oxygen atoms in total. The van der Waals surface area contributed by atoms with Crippen LogP contribution in [0.4, 0.5) is 0 Å². The molecule has 0 spiro atoms. The van der Waals surface area contributed by atoms with Crippen LogP contribution in [0.25, 0.3) is 11.3 Å². The molecule has 1 amide bonds. The topological polar surface area (TPSA) is 73.1 Å². The third-order valence-electron chi connectivity index (χ3n) is 6.84. The van der Waals surface area contributed by atoms with Gasteiger partial charge in [0.05, 0.1) is 24.0 Å². The molecule has 0 bridgehead atoms. The van der Waals surface area contributed by atoms with E-state index >= 15 is 0 Å². The summed E-state index contributed by atoms with van der Waals surface area (Å²) in [5, 5.41) is 6.83. The minimum Gasteiger partial charge on any atom is -0.341 e. The van der Waals surface area contributed by atoms with Gasteiger partial charge in [0.25, 0.3) is 0 Å². The summed E-state index contributed by atoms with van der Waals surface area (Å²) in [6.07, 6.45) is 8.55.